The molecule has 3 aromatic heterocycles. The van der Waals surface area contributed by atoms with Crippen LogP contribution in [0.1, 0.15) is 16.1 Å². The highest BCUT2D eigenvalue weighted by Gasteiger charge is 2.20. The van der Waals surface area contributed by atoms with Crippen molar-refractivity contribution in [1.29, 1.82) is 0 Å². The molecule has 1 aromatic carbocycles. The summed E-state index contributed by atoms with van der Waals surface area (Å²) in [6.07, 6.45) is 1.74. The van der Waals surface area contributed by atoms with Crippen molar-refractivity contribution >= 4 is 22.5 Å². The maximum atomic E-state index is 12.3. The van der Waals surface area contributed by atoms with Gasteiger partial charge < -0.3 is 21.1 Å². The van der Waals surface area contributed by atoms with Crippen molar-refractivity contribution in [3.63, 3.8) is 0 Å². The van der Waals surface area contributed by atoms with E-state index in [-0.39, 0.29) is 11.4 Å². The monoisotopic (exact) mass is 486 g/mol. The third-order valence-corrected chi connectivity index (χ3v) is 6.63. The van der Waals surface area contributed by atoms with Crippen molar-refractivity contribution in [3.8, 4) is 28.4 Å². The van der Waals surface area contributed by atoms with Crippen LogP contribution >= 0.6 is 0 Å². The molecular weight excluding hydrogens is 456 g/mol. The van der Waals surface area contributed by atoms with Crippen LogP contribution in [0.4, 0.5) is 5.69 Å². The molecule has 4 aromatic rings. The molecule has 0 unspecified atom stereocenters. The number of hydrogen-bond donors (Lipinski definition) is 3. The van der Waals surface area contributed by atoms with Gasteiger partial charge in [-0.3, -0.25) is 14.8 Å². The van der Waals surface area contributed by atoms with Gasteiger partial charge in [0.2, 0.25) is 5.88 Å². The van der Waals surface area contributed by atoms with E-state index in [2.05, 4.69) is 37.0 Å². The lowest BCUT2D eigenvalue weighted by Crippen LogP contribution is -2.45. The van der Waals surface area contributed by atoms with Crippen LogP contribution in [0.25, 0.3) is 33.4 Å². The molecule has 5 rings (SSSR count). The molecule has 1 aliphatic heterocycles. The molecule has 36 heavy (non-hydrogen) atoms. The van der Waals surface area contributed by atoms with E-state index >= 15 is 0 Å². The standard InChI is InChI=1S/C26H30N8O2/c1-16-6-7-19-18(15-29-32-19)23(16)17-14-21(31-25(24(17)27)26(28)35)20-4-3-5-22(30-20)36-13-12-34-10-8-33(2)9-11-34/h3-7,14-15H,8-13,27H2,1-2H3,(H2,28,35)(H,29,32). The molecule has 1 fully saturated rings. The van der Waals surface area contributed by atoms with Crippen molar-refractivity contribution in [1.82, 2.24) is 30.0 Å². The second kappa shape index (κ2) is 9.92. The van der Waals surface area contributed by atoms with Crippen LogP contribution in [0, 0.1) is 6.92 Å². The summed E-state index contributed by atoms with van der Waals surface area (Å²) < 4.78 is 5.96. The normalized spacial score (nSPS) is 14.8. The van der Waals surface area contributed by atoms with Crippen LogP contribution in [-0.4, -0.2) is 82.3 Å². The summed E-state index contributed by atoms with van der Waals surface area (Å²) in [6.45, 7) is 7.55. The van der Waals surface area contributed by atoms with Gasteiger partial charge in [-0.2, -0.15) is 5.10 Å². The highest BCUT2D eigenvalue weighted by Crippen LogP contribution is 2.37. The fourth-order valence-electron chi connectivity index (χ4n) is 4.55. The van der Waals surface area contributed by atoms with Crippen LogP contribution in [-0.2, 0) is 0 Å². The third-order valence-electron chi connectivity index (χ3n) is 6.63. The van der Waals surface area contributed by atoms with E-state index in [1.807, 2.05) is 43.3 Å². The van der Waals surface area contributed by atoms with Gasteiger partial charge in [-0.25, -0.2) is 9.97 Å². The van der Waals surface area contributed by atoms with Crippen LogP contribution in [0.5, 0.6) is 5.88 Å². The summed E-state index contributed by atoms with van der Waals surface area (Å²) in [5.41, 5.74) is 16.7. The summed E-state index contributed by atoms with van der Waals surface area (Å²) in [5, 5.41) is 8.04. The zero-order chi connectivity index (χ0) is 25.2. The fourth-order valence-corrected chi connectivity index (χ4v) is 4.55. The molecule has 0 bridgehead atoms. The largest absolute Gasteiger partial charge is 0.476 e. The number of nitrogens with zero attached hydrogens (tertiary/aromatic N) is 5. The first kappa shape index (κ1) is 23.7. The maximum Gasteiger partial charge on any atom is 0.269 e. The molecule has 1 amide bonds. The average Bonchev–Trinajstić information content (AvgIpc) is 3.35. The van der Waals surface area contributed by atoms with Crippen LogP contribution < -0.4 is 16.2 Å². The van der Waals surface area contributed by atoms with Gasteiger partial charge in [0.1, 0.15) is 6.61 Å². The summed E-state index contributed by atoms with van der Waals surface area (Å²) in [5.74, 6) is -0.206. The number of nitrogens with one attached hydrogen (secondary N) is 1. The number of pyridine rings is 2. The number of rotatable bonds is 7. The van der Waals surface area contributed by atoms with E-state index in [1.165, 1.54) is 0 Å². The van der Waals surface area contributed by atoms with E-state index in [0.717, 1.165) is 54.8 Å². The highest BCUT2D eigenvalue weighted by molar-refractivity contribution is 6.05. The van der Waals surface area contributed by atoms with Gasteiger partial charge in [0, 0.05) is 49.7 Å². The molecule has 0 atom stereocenters. The molecule has 0 aliphatic carbocycles. The topological polar surface area (TPSA) is 139 Å². The number of fused-ring (bicyclic) bond motifs is 1. The number of likely N-dealkylation sites (N-methyl/N-ethyl adjacent to an activating group) is 1. The molecule has 1 saturated heterocycles. The Morgan fingerprint density at radius 3 is 2.69 bits per heavy atom. The SMILES string of the molecule is Cc1ccc2[nH]ncc2c1-c1cc(-c2cccc(OCCN3CCN(C)CC3)n2)nc(C(N)=O)c1N. The third kappa shape index (κ3) is 4.73. The molecular formula is C26H30N8O2. The number of carbonyl (C=O) groups excluding carboxylic acids is 1. The summed E-state index contributed by atoms with van der Waals surface area (Å²) in [6, 6.07) is 11.3. The van der Waals surface area contributed by atoms with Crippen molar-refractivity contribution in [3.05, 3.63) is 53.9 Å². The van der Waals surface area contributed by atoms with Crippen molar-refractivity contribution in [2.75, 3.05) is 52.1 Å². The molecule has 1 aliphatic rings. The van der Waals surface area contributed by atoms with Crippen molar-refractivity contribution in [2.24, 2.45) is 5.73 Å². The number of aromatic nitrogens is 4. The number of primary amides is 1. The Hall–Kier alpha value is -4.02. The van der Waals surface area contributed by atoms with E-state index in [0.29, 0.717) is 29.4 Å². The number of anilines is 1. The quantitative estimate of drug-likeness (QED) is 0.362. The Labute approximate surface area is 209 Å². The number of amides is 1. The van der Waals surface area contributed by atoms with Gasteiger partial charge in [-0.15, -0.1) is 0 Å². The number of benzene rings is 1. The van der Waals surface area contributed by atoms with Crippen LogP contribution in [0.15, 0.2) is 42.6 Å². The second-order valence-electron chi connectivity index (χ2n) is 9.12. The number of H-pyrrole nitrogens is 1. The number of aryl methyl sites for hydroxylation is 1. The Bertz CT molecular complexity index is 1410. The Morgan fingerprint density at radius 2 is 1.92 bits per heavy atom. The number of nitrogens with two attached hydrogens (primary N) is 2. The predicted molar refractivity (Wildman–Crippen MR) is 140 cm³/mol. The van der Waals surface area contributed by atoms with E-state index < -0.39 is 5.91 Å². The summed E-state index contributed by atoms with van der Waals surface area (Å²) in [7, 11) is 2.14. The van der Waals surface area contributed by atoms with Gasteiger partial charge in [0.05, 0.1) is 28.8 Å². The minimum absolute atomic E-state index is 0.00517. The van der Waals surface area contributed by atoms with Gasteiger partial charge in [-0.1, -0.05) is 12.1 Å². The average molecular weight is 487 g/mol. The lowest BCUT2D eigenvalue weighted by molar-refractivity contribution is 0.0996. The van der Waals surface area contributed by atoms with Crippen LogP contribution in [0.3, 0.4) is 0 Å². The molecule has 0 radical (unpaired) electrons. The highest BCUT2D eigenvalue weighted by atomic mass is 16.5. The fraction of sp³-hybridized carbons (Fsp3) is 0.308. The first-order valence-electron chi connectivity index (χ1n) is 11.9. The molecule has 10 heteroatoms. The van der Waals surface area contributed by atoms with Gasteiger partial charge in [-0.05, 0) is 43.3 Å². The smallest absolute Gasteiger partial charge is 0.269 e. The molecule has 186 valence electrons. The predicted octanol–water partition coefficient (Wildman–Crippen LogP) is 2.30. The number of carbonyl (C=O) groups is 1. The summed E-state index contributed by atoms with van der Waals surface area (Å²) >= 11 is 0. The van der Waals surface area contributed by atoms with Crippen molar-refractivity contribution < 1.29 is 9.53 Å². The molecule has 4 heterocycles. The van der Waals surface area contributed by atoms with Crippen molar-refractivity contribution in [2.45, 2.75) is 6.92 Å². The second-order valence-corrected chi connectivity index (χ2v) is 9.12. The van der Waals surface area contributed by atoms with E-state index in [4.69, 9.17) is 16.2 Å². The Kier molecular flexibility index (Phi) is 6.53. The molecule has 0 spiro atoms. The first-order valence-corrected chi connectivity index (χ1v) is 11.9. The Balaban J connectivity index is 1.47. The number of ether oxygens (including phenoxy) is 1. The maximum absolute atomic E-state index is 12.3. The Morgan fingerprint density at radius 1 is 1.11 bits per heavy atom. The zero-order valence-corrected chi connectivity index (χ0v) is 20.5. The number of aromatic amines is 1. The molecule has 0 saturated carbocycles. The van der Waals surface area contributed by atoms with E-state index in [1.54, 1.807) is 6.20 Å². The van der Waals surface area contributed by atoms with Gasteiger partial charge in [0.15, 0.2) is 5.69 Å². The zero-order valence-electron chi connectivity index (χ0n) is 20.5. The lowest BCUT2D eigenvalue weighted by atomic mass is 9.94. The molecule has 5 N–H and O–H groups in total. The lowest BCUT2D eigenvalue weighted by Gasteiger charge is -2.32. The first-order chi connectivity index (χ1) is 17.4. The van der Waals surface area contributed by atoms with Gasteiger partial charge >= 0.3 is 0 Å². The van der Waals surface area contributed by atoms with Crippen LogP contribution in [0.2, 0.25) is 0 Å². The van der Waals surface area contributed by atoms with Gasteiger partial charge in [0.25, 0.3) is 5.91 Å². The number of hydrogen-bond acceptors (Lipinski definition) is 8. The molecule has 10 nitrogen and oxygen atoms in total. The minimum atomic E-state index is -0.702. The number of nitrogen functional groups attached to an aromatic ring is 1. The van der Waals surface area contributed by atoms with E-state index in [9.17, 15) is 4.79 Å². The minimum Gasteiger partial charge on any atom is -0.476 e. The summed E-state index contributed by atoms with van der Waals surface area (Å²) in [4.78, 5) is 26.1. The number of piperazine rings is 1.